The van der Waals surface area contributed by atoms with Crippen molar-refractivity contribution in [3.05, 3.63) is 70.7 Å². The van der Waals surface area contributed by atoms with Crippen molar-refractivity contribution in [2.45, 2.75) is 24.8 Å². The minimum atomic E-state index is 0.527. The lowest BCUT2D eigenvalue weighted by Gasteiger charge is -2.07. The number of halogens is 1. The van der Waals surface area contributed by atoms with Crippen molar-refractivity contribution >= 4 is 23.4 Å². The maximum absolute atomic E-state index is 5.93. The standard InChI is InChI=1S/C19H16ClN5OS/c1-12-3-8-16(13(2)9-12)25-19(22-23-24-25)27-11-18-21-10-17(26-18)14-4-6-15(20)7-5-14/h3-10H,11H2,1-2H3. The van der Waals surface area contributed by atoms with E-state index in [1.54, 1.807) is 10.9 Å². The van der Waals surface area contributed by atoms with Crippen LogP contribution in [0, 0.1) is 13.8 Å². The number of hydrogen-bond acceptors (Lipinski definition) is 6. The lowest BCUT2D eigenvalue weighted by atomic mass is 10.1. The third-order valence-corrected chi connectivity index (χ3v) is 5.18. The van der Waals surface area contributed by atoms with E-state index in [2.05, 4.69) is 33.5 Å². The fraction of sp³-hybridized carbons (Fsp3) is 0.158. The predicted octanol–water partition coefficient (Wildman–Crippen LogP) is 4.88. The molecule has 4 aromatic rings. The number of nitrogens with zero attached hydrogens (tertiary/aromatic N) is 5. The summed E-state index contributed by atoms with van der Waals surface area (Å²) in [4.78, 5) is 4.35. The fourth-order valence-corrected chi connectivity index (χ4v) is 3.58. The van der Waals surface area contributed by atoms with Gasteiger partial charge in [-0.1, -0.05) is 41.1 Å². The van der Waals surface area contributed by atoms with Gasteiger partial charge in [-0.25, -0.2) is 4.98 Å². The van der Waals surface area contributed by atoms with Gasteiger partial charge in [0.2, 0.25) is 11.0 Å². The van der Waals surface area contributed by atoms with Crippen LogP contribution in [0.1, 0.15) is 17.0 Å². The lowest BCUT2D eigenvalue weighted by Crippen LogP contribution is -2.01. The normalized spacial score (nSPS) is 11.1. The molecule has 0 saturated carbocycles. The zero-order chi connectivity index (χ0) is 18.8. The largest absolute Gasteiger partial charge is 0.440 e. The van der Waals surface area contributed by atoms with Crippen molar-refractivity contribution in [1.29, 1.82) is 0 Å². The summed E-state index contributed by atoms with van der Waals surface area (Å²) in [5, 5.41) is 13.4. The van der Waals surface area contributed by atoms with Gasteiger partial charge in [0.25, 0.3) is 0 Å². The third kappa shape index (κ3) is 3.89. The molecule has 2 aromatic heterocycles. The Kier molecular flexibility index (Phi) is 4.96. The molecular weight excluding hydrogens is 382 g/mol. The Morgan fingerprint density at radius 1 is 1.11 bits per heavy atom. The number of thioether (sulfide) groups is 1. The molecule has 0 saturated heterocycles. The van der Waals surface area contributed by atoms with Gasteiger partial charge in [-0.2, -0.15) is 4.68 Å². The molecule has 6 nitrogen and oxygen atoms in total. The summed E-state index contributed by atoms with van der Waals surface area (Å²) in [6.07, 6.45) is 1.71. The Balaban J connectivity index is 1.50. The molecule has 0 bridgehead atoms. The van der Waals surface area contributed by atoms with Crippen LogP contribution in [-0.4, -0.2) is 25.2 Å². The number of hydrogen-bond donors (Lipinski definition) is 0. The second kappa shape index (κ2) is 7.54. The van der Waals surface area contributed by atoms with Crippen LogP contribution in [0.3, 0.4) is 0 Å². The number of tetrazole rings is 1. The molecule has 0 amide bonds. The number of aromatic nitrogens is 5. The highest BCUT2D eigenvalue weighted by Gasteiger charge is 2.13. The van der Waals surface area contributed by atoms with E-state index < -0.39 is 0 Å². The van der Waals surface area contributed by atoms with Gasteiger partial charge in [0, 0.05) is 10.6 Å². The Morgan fingerprint density at radius 3 is 2.70 bits per heavy atom. The van der Waals surface area contributed by atoms with Gasteiger partial charge in [0.05, 0.1) is 17.6 Å². The molecule has 0 aliphatic heterocycles. The number of oxazole rings is 1. The summed E-state index contributed by atoms with van der Waals surface area (Å²) < 4.78 is 7.58. The van der Waals surface area contributed by atoms with Crippen molar-refractivity contribution in [2.75, 3.05) is 0 Å². The molecule has 0 aliphatic rings. The molecule has 8 heteroatoms. The van der Waals surface area contributed by atoms with E-state index in [0.717, 1.165) is 16.8 Å². The highest BCUT2D eigenvalue weighted by atomic mass is 35.5. The summed E-state index contributed by atoms with van der Waals surface area (Å²) in [5.74, 6) is 1.84. The van der Waals surface area contributed by atoms with Crippen LogP contribution in [0.2, 0.25) is 5.02 Å². The first-order valence-electron chi connectivity index (χ1n) is 8.29. The first-order chi connectivity index (χ1) is 13.1. The van der Waals surface area contributed by atoms with Crippen molar-refractivity contribution in [1.82, 2.24) is 25.2 Å². The summed E-state index contributed by atoms with van der Waals surface area (Å²) in [6, 6.07) is 13.6. The summed E-state index contributed by atoms with van der Waals surface area (Å²) in [5.41, 5.74) is 4.21. The minimum absolute atomic E-state index is 0.527. The average Bonchev–Trinajstić information content (AvgIpc) is 3.30. The molecular formula is C19H16ClN5OS. The van der Waals surface area contributed by atoms with E-state index in [-0.39, 0.29) is 0 Å². The number of rotatable bonds is 5. The van der Waals surface area contributed by atoms with Crippen molar-refractivity contribution in [3.63, 3.8) is 0 Å². The van der Waals surface area contributed by atoms with Gasteiger partial charge >= 0.3 is 0 Å². The van der Waals surface area contributed by atoms with Crippen molar-refractivity contribution in [3.8, 4) is 17.0 Å². The molecule has 4 rings (SSSR count). The van der Waals surface area contributed by atoms with Gasteiger partial charge in [-0.3, -0.25) is 0 Å². The molecule has 0 unspecified atom stereocenters. The first kappa shape index (κ1) is 17.8. The third-order valence-electron chi connectivity index (χ3n) is 4.03. The van der Waals surface area contributed by atoms with E-state index >= 15 is 0 Å². The van der Waals surface area contributed by atoms with Crippen molar-refractivity contribution in [2.24, 2.45) is 0 Å². The molecule has 0 radical (unpaired) electrons. The molecule has 2 heterocycles. The van der Waals surface area contributed by atoms with Crippen LogP contribution < -0.4 is 0 Å². The predicted molar refractivity (Wildman–Crippen MR) is 105 cm³/mol. The fourth-order valence-electron chi connectivity index (χ4n) is 2.71. The Bertz CT molecular complexity index is 1070. The maximum Gasteiger partial charge on any atom is 0.214 e. The first-order valence-corrected chi connectivity index (χ1v) is 9.66. The van der Waals surface area contributed by atoms with E-state index in [9.17, 15) is 0 Å². The average molecular weight is 398 g/mol. The highest BCUT2D eigenvalue weighted by molar-refractivity contribution is 7.98. The van der Waals surface area contributed by atoms with Crippen LogP contribution in [0.15, 0.2) is 58.2 Å². The smallest absolute Gasteiger partial charge is 0.214 e. The molecule has 0 spiro atoms. The summed E-state index contributed by atoms with van der Waals surface area (Å²) >= 11 is 7.40. The molecule has 0 atom stereocenters. The van der Waals surface area contributed by atoms with Crippen molar-refractivity contribution < 1.29 is 4.42 Å². The Morgan fingerprint density at radius 2 is 1.93 bits per heavy atom. The SMILES string of the molecule is Cc1ccc(-n2nnnc2SCc2ncc(-c3ccc(Cl)cc3)o2)c(C)c1. The van der Waals surface area contributed by atoms with E-state index in [1.807, 2.05) is 43.3 Å². The lowest BCUT2D eigenvalue weighted by molar-refractivity contribution is 0.529. The van der Waals surface area contributed by atoms with Crippen LogP contribution >= 0.6 is 23.4 Å². The zero-order valence-electron chi connectivity index (χ0n) is 14.8. The van der Waals surface area contributed by atoms with Crippen LogP contribution in [-0.2, 0) is 5.75 Å². The van der Waals surface area contributed by atoms with Gasteiger partial charge in [0.1, 0.15) is 0 Å². The second-order valence-electron chi connectivity index (χ2n) is 6.08. The van der Waals surface area contributed by atoms with E-state index in [1.165, 1.54) is 17.3 Å². The molecule has 0 N–H and O–H groups in total. The van der Waals surface area contributed by atoms with E-state index in [4.69, 9.17) is 16.0 Å². The van der Waals surface area contributed by atoms with E-state index in [0.29, 0.717) is 27.6 Å². The zero-order valence-corrected chi connectivity index (χ0v) is 16.3. The minimum Gasteiger partial charge on any atom is -0.440 e. The summed E-state index contributed by atoms with van der Waals surface area (Å²) in [6.45, 7) is 4.11. The second-order valence-corrected chi connectivity index (χ2v) is 7.46. The van der Waals surface area contributed by atoms with Crippen LogP contribution in [0.25, 0.3) is 17.0 Å². The van der Waals surface area contributed by atoms with Crippen LogP contribution in [0.4, 0.5) is 0 Å². The molecule has 27 heavy (non-hydrogen) atoms. The summed E-state index contributed by atoms with van der Waals surface area (Å²) in [7, 11) is 0. The van der Waals surface area contributed by atoms with Gasteiger partial charge in [0.15, 0.2) is 5.76 Å². The molecule has 0 fully saturated rings. The topological polar surface area (TPSA) is 69.6 Å². The Hall–Kier alpha value is -2.64. The van der Waals surface area contributed by atoms with Gasteiger partial charge in [-0.05, 0) is 60.2 Å². The maximum atomic E-state index is 5.93. The quantitative estimate of drug-likeness (QED) is 0.447. The van der Waals surface area contributed by atoms with Gasteiger partial charge in [-0.15, -0.1) is 5.10 Å². The monoisotopic (exact) mass is 397 g/mol. The molecule has 2 aromatic carbocycles. The Labute approximate surface area is 165 Å². The van der Waals surface area contributed by atoms with Gasteiger partial charge < -0.3 is 4.42 Å². The number of aryl methyl sites for hydroxylation is 2. The number of benzene rings is 2. The highest BCUT2D eigenvalue weighted by Crippen LogP contribution is 2.27. The molecule has 136 valence electrons. The molecule has 0 aliphatic carbocycles. The van der Waals surface area contributed by atoms with Crippen LogP contribution in [0.5, 0.6) is 0 Å².